The van der Waals surface area contributed by atoms with E-state index in [1.807, 2.05) is 5.32 Å². The second-order valence-electron chi connectivity index (χ2n) is 10.0. The van der Waals surface area contributed by atoms with Gasteiger partial charge in [-0.25, -0.2) is 9.89 Å². The minimum absolute atomic E-state index is 0.173. The summed E-state index contributed by atoms with van der Waals surface area (Å²) in [6.07, 6.45) is -22.1. The Labute approximate surface area is 232 Å². The fourth-order valence-corrected chi connectivity index (χ4v) is 5.09. The molecule has 42 heavy (non-hydrogen) atoms. The van der Waals surface area contributed by atoms with Crippen LogP contribution in [-0.2, 0) is 20.6 Å². The number of aryl methyl sites for hydroxylation is 1. The first-order valence-electron chi connectivity index (χ1n) is 12.5. The summed E-state index contributed by atoms with van der Waals surface area (Å²) in [6, 6.07) is 9.06. The first kappa shape index (κ1) is 31.0. The summed E-state index contributed by atoms with van der Waals surface area (Å²) in [5.41, 5.74) is -1.70. The highest BCUT2D eigenvalue weighted by atomic mass is 19.4. The fraction of sp³-hybridized carbons (Fsp3) is 0.407. The maximum atomic E-state index is 13.9. The molecule has 1 N–H and O–H groups in total. The van der Waals surface area contributed by atoms with Crippen molar-refractivity contribution in [1.29, 1.82) is 0 Å². The van der Waals surface area contributed by atoms with Crippen LogP contribution >= 0.6 is 0 Å². The van der Waals surface area contributed by atoms with Crippen LogP contribution in [0.4, 0.5) is 45.2 Å². The number of carbonyl (C=O) groups excluding carboxylic acids is 3. The van der Waals surface area contributed by atoms with Crippen molar-refractivity contribution in [3.05, 3.63) is 64.7 Å². The maximum Gasteiger partial charge on any atom is 0.418 e. The van der Waals surface area contributed by atoms with E-state index in [9.17, 15) is 53.9 Å². The highest BCUT2D eigenvalue weighted by Crippen LogP contribution is 2.42. The average molecular weight is 607 g/mol. The van der Waals surface area contributed by atoms with Gasteiger partial charge < -0.3 is 5.32 Å². The van der Waals surface area contributed by atoms with E-state index in [-0.39, 0.29) is 21.7 Å². The number of alkyl halides is 9. The van der Waals surface area contributed by atoms with E-state index in [0.717, 1.165) is 6.07 Å². The Morgan fingerprint density at radius 3 is 1.86 bits per heavy atom. The number of para-hydroxylation sites is 1. The molecule has 2 aliphatic heterocycles. The first-order chi connectivity index (χ1) is 19.4. The molecule has 2 heterocycles. The molecule has 3 atom stereocenters. The number of nitrogens with zero attached hydrogens (tertiary/aromatic N) is 2. The number of hydrogen-bond acceptors (Lipinski definition) is 4. The Kier molecular flexibility index (Phi) is 8.17. The van der Waals surface area contributed by atoms with Crippen molar-refractivity contribution < 1.29 is 53.9 Å². The predicted molar refractivity (Wildman–Crippen MR) is 130 cm³/mol. The van der Waals surface area contributed by atoms with E-state index >= 15 is 0 Å². The van der Waals surface area contributed by atoms with E-state index in [2.05, 4.69) is 4.99 Å². The van der Waals surface area contributed by atoms with E-state index in [1.54, 1.807) is 13.0 Å². The van der Waals surface area contributed by atoms with Crippen LogP contribution in [0.2, 0.25) is 0 Å². The normalized spacial score (nSPS) is 21.7. The van der Waals surface area contributed by atoms with Crippen LogP contribution < -0.4 is 5.32 Å². The van der Waals surface area contributed by atoms with Crippen molar-refractivity contribution in [3.63, 3.8) is 0 Å². The summed E-state index contributed by atoms with van der Waals surface area (Å²) < 4.78 is 120. The highest BCUT2D eigenvalue weighted by molar-refractivity contribution is 6.21. The number of carbonyl (C=O) groups is 3. The van der Waals surface area contributed by atoms with E-state index in [4.69, 9.17) is 0 Å². The summed E-state index contributed by atoms with van der Waals surface area (Å²) in [5.74, 6) is -7.85. The maximum absolute atomic E-state index is 13.9. The second kappa shape index (κ2) is 11.1. The summed E-state index contributed by atoms with van der Waals surface area (Å²) in [6.45, 7) is 1.65. The van der Waals surface area contributed by atoms with E-state index < -0.39 is 91.2 Å². The van der Waals surface area contributed by atoms with Crippen molar-refractivity contribution in [2.45, 2.75) is 57.3 Å². The minimum Gasteiger partial charge on any atom is -0.321 e. The number of amides is 3. The molecule has 1 saturated heterocycles. The number of aliphatic imine (C=N–C) groups is 1. The molecule has 0 aliphatic carbocycles. The van der Waals surface area contributed by atoms with Gasteiger partial charge in [0.1, 0.15) is 0 Å². The molecule has 3 amide bonds. The van der Waals surface area contributed by atoms with Gasteiger partial charge in [-0.2, -0.15) is 39.5 Å². The molecule has 6 nitrogen and oxygen atoms in total. The summed E-state index contributed by atoms with van der Waals surface area (Å²) in [4.78, 5) is 44.4. The fourth-order valence-electron chi connectivity index (χ4n) is 5.09. The molecule has 15 heteroatoms. The molecule has 0 unspecified atom stereocenters. The number of likely N-dealkylation sites (tertiary alicyclic amines) is 1. The molecule has 2 aromatic carbocycles. The lowest BCUT2D eigenvalue weighted by Gasteiger charge is -2.22. The monoisotopic (exact) mass is 607 g/mol. The van der Waals surface area contributed by atoms with Crippen molar-refractivity contribution in [3.8, 4) is 0 Å². The number of nitrogens with one attached hydrogen (secondary N) is 1. The van der Waals surface area contributed by atoms with Gasteiger partial charge >= 0.3 is 18.5 Å². The van der Waals surface area contributed by atoms with E-state index in [1.165, 1.54) is 24.3 Å². The zero-order valence-electron chi connectivity index (χ0n) is 21.6. The van der Waals surface area contributed by atoms with Crippen LogP contribution in [0.5, 0.6) is 0 Å². The molecular weight excluding hydrogens is 585 g/mol. The van der Waals surface area contributed by atoms with Crippen molar-refractivity contribution in [2.24, 2.45) is 16.8 Å². The van der Waals surface area contributed by atoms with Crippen LogP contribution in [0.1, 0.15) is 47.9 Å². The van der Waals surface area contributed by atoms with Crippen LogP contribution in [0.25, 0.3) is 0 Å². The number of halogens is 9. The van der Waals surface area contributed by atoms with Gasteiger partial charge in [0.25, 0.3) is 5.91 Å². The van der Waals surface area contributed by atoms with Gasteiger partial charge in [-0.3, -0.25) is 14.4 Å². The lowest BCUT2D eigenvalue weighted by atomic mass is 9.87. The zero-order valence-corrected chi connectivity index (χ0v) is 21.6. The number of rotatable bonds is 6. The third-order valence-electron chi connectivity index (χ3n) is 6.97. The second-order valence-corrected chi connectivity index (χ2v) is 10.0. The molecule has 2 aliphatic rings. The largest absolute Gasteiger partial charge is 0.418 e. The minimum atomic E-state index is -4.97. The standard InChI is InChI=1S/C27H22F9N3O3/c1-13-4-2-5-14(12-13)19-17-6-3-7-18(27(34,35)36)20(17)38-22(40)21(37-19)39-23(41)15(8-10-25(28,29)30)16(24(39)42)9-11-26(31,32)33/h2-7,12,15-16,21H,8-11H2,1H3,(H,38,40)/t15-,16+,21-/m0/s1. The van der Waals surface area contributed by atoms with E-state index in [0.29, 0.717) is 11.6 Å². The number of benzene rings is 2. The Morgan fingerprint density at radius 2 is 1.36 bits per heavy atom. The SMILES string of the molecule is Cc1cccc(C2=N[C@@H](N3C(=O)[C@@H](CCC(F)(F)F)[C@@H](CCC(F)(F)F)C3=O)C(=O)Nc3c2cccc3C(F)(F)F)c1. The molecule has 0 spiro atoms. The molecule has 2 aromatic rings. The lowest BCUT2D eigenvalue weighted by molar-refractivity contribution is -0.147. The molecule has 226 valence electrons. The molecule has 0 bridgehead atoms. The molecule has 4 rings (SSSR count). The smallest absolute Gasteiger partial charge is 0.321 e. The quantitative estimate of drug-likeness (QED) is 0.304. The molecule has 0 aromatic heterocycles. The molecule has 0 saturated carbocycles. The summed E-state index contributed by atoms with van der Waals surface area (Å²) in [5, 5.41) is 2.04. The number of benzodiazepines with no additional fused rings is 1. The van der Waals surface area contributed by atoms with Gasteiger partial charge in [0.05, 0.1) is 28.8 Å². The van der Waals surface area contributed by atoms with Gasteiger partial charge in [0, 0.05) is 24.0 Å². The third-order valence-corrected chi connectivity index (χ3v) is 6.97. The Bertz CT molecular complexity index is 1390. The van der Waals surface area contributed by atoms with Crippen LogP contribution in [0.15, 0.2) is 47.5 Å². The molecule has 1 fully saturated rings. The van der Waals surface area contributed by atoms with Crippen LogP contribution in [0.3, 0.4) is 0 Å². The third kappa shape index (κ3) is 6.59. The van der Waals surface area contributed by atoms with Gasteiger partial charge in [-0.15, -0.1) is 0 Å². The molecular formula is C27H22F9N3O3. The first-order valence-corrected chi connectivity index (χ1v) is 12.5. The average Bonchev–Trinajstić information content (AvgIpc) is 2.99. The van der Waals surface area contributed by atoms with Crippen LogP contribution in [0, 0.1) is 18.8 Å². The van der Waals surface area contributed by atoms with Gasteiger partial charge in [-0.05, 0) is 31.9 Å². The molecule has 0 radical (unpaired) electrons. The number of imide groups is 1. The predicted octanol–water partition coefficient (Wildman–Crippen LogP) is 6.42. The van der Waals surface area contributed by atoms with Crippen LogP contribution in [-0.4, -0.2) is 46.9 Å². The number of hydrogen-bond donors (Lipinski definition) is 1. The Hall–Kier alpha value is -3.91. The van der Waals surface area contributed by atoms with Gasteiger partial charge in [0.15, 0.2) is 0 Å². The highest BCUT2D eigenvalue weighted by Gasteiger charge is 2.53. The lowest BCUT2D eigenvalue weighted by Crippen LogP contribution is -2.46. The van der Waals surface area contributed by atoms with Crippen molar-refractivity contribution >= 4 is 29.1 Å². The summed E-state index contributed by atoms with van der Waals surface area (Å²) >= 11 is 0. The number of anilines is 1. The number of fused-ring (bicyclic) bond motifs is 1. The zero-order chi connectivity index (χ0) is 31.2. The van der Waals surface area contributed by atoms with Gasteiger partial charge in [0.2, 0.25) is 18.0 Å². The van der Waals surface area contributed by atoms with Gasteiger partial charge in [-0.1, -0.05) is 35.9 Å². The van der Waals surface area contributed by atoms with Crippen molar-refractivity contribution in [1.82, 2.24) is 4.90 Å². The topological polar surface area (TPSA) is 78.8 Å². The summed E-state index contributed by atoms with van der Waals surface area (Å²) in [7, 11) is 0. The Balaban J connectivity index is 1.85. The Morgan fingerprint density at radius 1 is 0.810 bits per heavy atom. The van der Waals surface area contributed by atoms with Crippen molar-refractivity contribution in [2.75, 3.05) is 5.32 Å².